The Bertz CT molecular complexity index is 409. The molecule has 1 heterocycles. The Morgan fingerprint density at radius 3 is 2.94 bits per heavy atom. The number of H-pyrrole nitrogens is 1. The molecule has 3 N–H and O–H groups in total. The van der Waals surface area contributed by atoms with Crippen LogP contribution in [0.4, 0.5) is 0 Å². The Kier molecular flexibility index (Phi) is 2.89. The number of amides is 1. The third-order valence-corrected chi connectivity index (χ3v) is 2.47. The maximum absolute atomic E-state index is 11.5. The van der Waals surface area contributed by atoms with Crippen molar-refractivity contribution in [2.75, 3.05) is 6.54 Å². The predicted octanol–water partition coefficient (Wildman–Crippen LogP) is 0.492. The summed E-state index contributed by atoms with van der Waals surface area (Å²) < 4.78 is 0. The highest BCUT2D eigenvalue weighted by molar-refractivity contribution is 5.92. The normalized spacial score (nSPS) is 14.8. The van der Waals surface area contributed by atoms with Gasteiger partial charge >= 0.3 is 5.97 Å². The minimum absolute atomic E-state index is 0.0777. The third kappa shape index (κ3) is 2.59. The van der Waals surface area contributed by atoms with E-state index in [-0.39, 0.29) is 18.9 Å². The average molecular weight is 223 g/mol. The first-order valence-corrected chi connectivity index (χ1v) is 5.22. The Morgan fingerprint density at radius 2 is 2.31 bits per heavy atom. The summed E-state index contributed by atoms with van der Waals surface area (Å²) in [6.45, 7) is 0.125. The van der Waals surface area contributed by atoms with E-state index in [0.717, 1.165) is 18.5 Å². The molecular weight excluding hydrogens is 210 g/mol. The second-order valence-electron chi connectivity index (χ2n) is 3.88. The number of hydrogen-bond acceptors (Lipinski definition) is 3. The zero-order valence-corrected chi connectivity index (χ0v) is 8.69. The van der Waals surface area contributed by atoms with Crippen molar-refractivity contribution >= 4 is 11.9 Å². The summed E-state index contributed by atoms with van der Waals surface area (Å²) in [5.41, 5.74) is 1.32. The Morgan fingerprint density at radius 1 is 1.56 bits per heavy atom. The molecule has 1 aliphatic carbocycles. The van der Waals surface area contributed by atoms with Gasteiger partial charge < -0.3 is 10.4 Å². The van der Waals surface area contributed by atoms with E-state index >= 15 is 0 Å². The minimum atomic E-state index is -0.930. The number of carboxylic acid groups (broad SMARTS) is 1. The second kappa shape index (κ2) is 4.34. The lowest BCUT2D eigenvalue weighted by molar-refractivity contribution is -0.136. The van der Waals surface area contributed by atoms with E-state index in [1.165, 1.54) is 0 Å². The zero-order valence-electron chi connectivity index (χ0n) is 8.69. The standard InChI is InChI=1S/C10H13N3O3/c14-9(15)3-4-11-10(16)8-5-7(12-13-8)6-1-2-6/h5-6H,1-4H2,(H,11,16)(H,12,13)(H,14,15). The van der Waals surface area contributed by atoms with Crippen molar-refractivity contribution in [3.05, 3.63) is 17.5 Å². The third-order valence-electron chi connectivity index (χ3n) is 2.47. The van der Waals surface area contributed by atoms with Gasteiger partial charge in [-0.3, -0.25) is 14.7 Å². The molecule has 0 spiro atoms. The van der Waals surface area contributed by atoms with E-state index in [9.17, 15) is 9.59 Å². The zero-order chi connectivity index (χ0) is 11.5. The van der Waals surface area contributed by atoms with Crippen molar-refractivity contribution in [3.63, 3.8) is 0 Å². The number of carbonyl (C=O) groups is 2. The first-order valence-electron chi connectivity index (χ1n) is 5.22. The molecule has 0 aromatic carbocycles. The number of nitrogens with one attached hydrogen (secondary N) is 2. The van der Waals surface area contributed by atoms with Crippen LogP contribution in [0.5, 0.6) is 0 Å². The largest absolute Gasteiger partial charge is 0.481 e. The van der Waals surface area contributed by atoms with Gasteiger partial charge in [0.1, 0.15) is 5.69 Å². The molecule has 1 aromatic heterocycles. The molecule has 1 aromatic rings. The molecule has 0 unspecified atom stereocenters. The van der Waals surface area contributed by atoms with Crippen LogP contribution in [0.1, 0.15) is 41.4 Å². The first-order chi connectivity index (χ1) is 7.66. The fourth-order valence-electron chi connectivity index (χ4n) is 1.43. The summed E-state index contributed by atoms with van der Waals surface area (Å²) in [5.74, 6) is -0.738. The summed E-state index contributed by atoms with van der Waals surface area (Å²) >= 11 is 0. The molecule has 1 amide bonds. The molecule has 1 fully saturated rings. The van der Waals surface area contributed by atoms with E-state index in [2.05, 4.69) is 15.5 Å². The number of rotatable bonds is 5. The minimum Gasteiger partial charge on any atom is -0.481 e. The van der Waals surface area contributed by atoms with Gasteiger partial charge in [-0.15, -0.1) is 0 Å². The second-order valence-corrected chi connectivity index (χ2v) is 3.88. The molecule has 6 nitrogen and oxygen atoms in total. The number of aliphatic carboxylic acids is 1. The van der Waals surface area contributed by atoms with Crippen molar-refractivity contribution in [3.8, 4) is 0 Å². The molecule has 2 rings (SSSR count). The molecule has 16 heavy (non-hydrogen) atoms. The van der Waals surface area contributed by atoms with Gasteiger partial charge in [0, 0.05) is 18.2 Å². The SMILES string of the molecule is O=C(O)CCNC(=O)c1cc(C2CC2)[nH]n1. The lowest BCUT2D eigenvalue weighted by Crippen LogP contribution is -2.26. The quantitative estimate of drug-likeness (QED) is 0.677. The van der Waals surface area contributed by atoms with Gasteiger partial charge in [0.25, 0.3) is 5.91 Å². The number of nitrogens with zero attached hydrogens (tertiary/aromatic N) is 1. The van der Waals surface area contributed by atoms with E-state index in [4.69, 9.17) is 5.11 Å². The van der Waals surface area contributed by atoms with E-state index < -0.39 is 5.97 Å². The van der Waals surface area contributed by atoms with E-state index in [1.807, 2.05) is 0 Å². The Labute approximate surface area is 92.0 Å². The molecular formula is C10H13N3O3. The highest BCUT2D eigenvalue weighted by Crippen LogP contribution is 2.38. The molecule has 0 atom stereocenters. The molecule has 1 aliphatic rings. The summed E-state index contributed by atoms with van der Waals surface area (Å²) in [7, 11) is 0. The van der Waals surface area contributed by atoms with Crippen molar-refractivity contribution in [1.29, 1.82) is 0 Å². The lowest BCUT2D eigenvalue weighted by atomic mass is 10.2. The number of carbonyl (C=O) groups excluding carboxylic acids is 1. The smallest absolute Gasteiger partial charge is 0.305 e. The predicted molar refractivity (Wildman–Crippen MR) is 55.1 cm³/mol. The molecule has 0 bridgehead atoms. The molecule has 0 saturated heterocycles. The van der Waals surface area contributed by atoms with Crippen LogP contribution in [-0.4, -0.2) is 33.7 Å². The Hall–Kier alpha value is -1.85. The van der Waals surface area contributed by atoms with Crippen LogP contribution in [0.25, 0.3) is 0 Å². The molecule has 0 aliphatic heterocycles. The van der Waals surface area contributed by atoms with Crippen molar-refractivity contribution in [2.24, 2.45) is 0 Å². The highest BCUT2D eigenvalue weighted by Gasteiger charge is 2.26. The van der Waals surface area contributed by atoms with Gasteiger partial charge in [-0.2, -0.15) is 5.10 Å². The van der Waals surface area contributed by atoms with Crippen LogP contribution in [0.15, 0.2) is 6.07 Å². The molecule has 0 radical (unpaired) electrons. The van der Waals surface area contributed by atoms with Crippen molar-refractivity contribution < 1.29 is 14.7 Å². The lowest BCUT2D eigenvalue weighted by Gasteiger charge is -1.99. The number of aromatic nitrogens is 2. The average Bonchev–Trinajstić information content (AvgIpc) is 2.96. The number of hydrogen-bond donors (Lipinski definition) is 3. The summed E-state index contributed by atoms with van der Waals surface area (Å²) in [6, 6.07) is 1.73. The molecule has 1 saturated carbocycles. The summed E-state index contributed by atoms with van der Waals surface area (Å²) in [6.07, 6.45) is 2.20. The van der Waals surface area contributed by atoms with E-state index in [1.54, 1.807) is 6.07 Å². The summed E-state index contributed by atoms with van der Waals surface area (Å²) in [5, 5.41) is 17.6. The van der Waals surface area contributed by atoms with E-state index in [0.29, 0.717) is 11.6 Å². The monoisotopic (exact) mass is 223 g/mol. The van der Waals surface area contributed by atoms with Gasteiger partial charge in [0.2, 0.25) is 0 Å². The fraction of sp³-hybridized carbons (Fsp3) is 0.500. The van der Waals surface area contributed by atoms with Crippen LogP contribution >= 0.6 is 0 Å². The highest BCUT2D eigenvalue weighted by atomic mass is 16.4. The molecule has 86 valence electrons. The fourth-order valence-corrected chi connectivity index (χ4v) is 1.43. The Balaban J connectivity index is 1.85. The van der Waals surface area contributed by atoms with Crippen LogP contribution in [-0.2, 0) is 4.79 Å². The topological polar surface area (TPSA) is 95.1 Å². The van der Waals surface area contributed by atoms with Crippen LogP contribution in [0.3, 0.4) is 0 Å². The number of carboxylic acids is 1. The van der Waals surface area contributed by atoms with Crippen LogP contribution < -0.4 is 5.32 Å². The summed E-state index contributed by atoms with van der Waals surface area (Å²) in [4.78, 5) is 21.7. The first kappa shape index (κ1) is 10.7. The van der Waals surface area contributed by atoms with Gasteiger partial charge in [-0.25, -0.2) is 0 Å². The van der Waals surface area contributed by atoms with Crippen molar-refractivity contribution in [2.45, 2.75) is 25.2 Å². The maximum atomic E-state index is 11.5. The molecule has 6 heteroatoms. The van der Waals surface area contributed by atoms with Gasteiger partial charge in [-0.1, -0.05) is 0 Å². The van der Waals surface area contributed by atoms with Crippen molar-refractivity contribution in [1.82, 2.24) is 15.5 Å². The van der Waals surface area contributed by atoms with Gasteiger partial charge in [0.05, 0.1) is 6.42 Å². The van der Waals surface area contributed by atoms with Gasteiger partial charge in [0.15, 0.2) is 0 Å². The maximum Gasteiger partial charge on any atom is 0.305 e. The van der Waals surface area contributed by atoms with Crippen LogP contribution in [0.2, 0.25) is 0 Å². The van der Waals surface area contributed by atoms with Crippen LogP contribution in [0, 0.1) is 0 Å². The number of aromatic amines is 1. The van der Waals surface area contributed by atoms with Gasteiger partial charge in [-0.05, 0) is 18.9 Å².